The van der Waals surface area contributed by atoms with Crippen molar-refractivity contribution in [2.75, 3.05) is 17.7 Å². The van der Waals surface area contributed by atoms with Crippen LogP contribution in [0.5, 0.6) is 0 Å². The second-order valence-corrected chi connectivity index (χ2v) is 9.01. The molecule has 1 amide bonds. The van der Waals surface area contributed by atoms with Gasteiger partial charge in [0.1, 0.15) is 5.82 Å². The van der Waals surface area contributed by atoms with E-state index in [0.29, 0.717) is 34.8 Å². The van der Waals surface area contributed by atoms with E-state index in [2.05, 4.69) is 36.2 Å². The molecule has 0 unspecified atom stereocenters. The van der Waals surface area contributed by atoms with Crippen molar-refractivity contribution in [2.24, 2.45) is 7.05 Å². The van der Waals surface area contributed by atoms with Gasteiger partial charge in [0.25, 0.3) is 5.56 Å². The van der Waals surface area contributed by atoms with Crippen LogP contribution in [0.25, 0.3) is 10.9 Å². The molecular formula is C21H27N5O3S. The van der Waals surface area contributed by atoms with Crippen LogP contribution in [0, 0.1) is 0 Å². The Morgan fingerprint density at radius 2 is 2.00 bits per heavy atom. The summed E-state index contributed by atoms with van der Waals surface area (Å²) in [6.07, 6.45) is 0.435. The fourth-order valence-corrected chi connectivity index (χ4v) is 3.77. The van der Waals surface area contributed by atoms with E-state index in [9.17, 15) is 14.7 Å². The van der Waals surface area contributed by atoms with Gasteiger partial charge in [-0.15, -0.1) is 0 Å². The molecule has 0 aliphatic heterocycles. The highest BCUT2D eigenvalue weighted by Crippen LogP contribution is 2.24. The summed E-state index contributed by atoms with van der Waals surface area (Å²) in [6, 6.07) is 9.00. The minimum Gasteiger partial charge on any atom is -0.396 e. The van der Waals surface area contributed by atoms with E-state index in [-0.39, 0.29) is 29.2 Å². The number of thioether (sulfide) groups is 1. The highest BCUT2D eigenvalue weighted by atomic mass is 32.2. The number of rotatable bonds is 7. The summed E-state index contributed by atoms with van der Waals surface area (Å²) in [6.45, 7) is 6.50. The molecule has 0 saturated carbocycles. The standard InChI is InChI=1S/C21H27N5O3S/c1-21(2,3)16-12-17(25(4)24-16)23-18(28)13-30-20-22-15-9-6-5-8-14(15)19(29)26(20)10-7-11-27/h5-6,8-9,12,27H,7,10-11,13H2,1-4H3,(H,23,28). The van der Waals surface area contributed by atoms with Gasteiger partial charge in [-0.25, -0.2) is 4.98 Å². The number of benzene rings is 1. The smallest absolute Gasteiger partial charge is 0.262 e. The number of nitrogens with zero attached hydrogens (tertiary/aromatic N) is 4. The van der Waals surface area contributed by atoms with Crippen LogP contribution in [0.3, 0.4) is 0 Å². The summed E-state index contributed by atoms with van der Waals surface area (Å²) < 4.78 is 3.17. The molecule has 2 aromatic heterocycles. The zero-order chi connectivity index (χ0) is 21.9. The zero-order valence-corrected chi connectivity index (χ0v) is 18.5. The predicted molar refractivity (Wildman–Crippen MR) is 119 cm³/mol. The number of nitrogens with one attached hydrogen (secondary N) is 1. The first-order valence-electron chi connectivity index (χ1n) is 9.78. The Labute approximate surface area is 179 Å². The summed E-state index contributed by atoms with van der Waals surface area (Å²) in [5.74, 6) is 0.508. The number of carbonyl (C=O) groups excluding carboxylic acids is 1. The largest absolute Gasteiger partial charge is 0.396 e. The Hall–Kier alpha value is -2.65. The van der Waals surface area contributed by atoms with Crippen LogP contribution in [0.2, 0.25) is 0 Å². The van der Waals surface area contributed by atoms with Crippen LogP contribution in [0.1, 0.15) is 32.9 Å². The summed E-state index contributed by atoms with van der Waals surface area (Å²) in [7, 11) is 1.79. The van der Waals surface area contributed by atoms with Gasteiger partial charge in [0, 0.05) is 31.7 Å². The Kier molecular flexibility index (Phi) is 6.62. The number of hydrogen-bond acceptors (Lipinski definition) is 6. The lowest BCUT2D eigenvalue weighted by Crippen LogP contribution is -2.25. The van der Waals surface area contributed by atoms with E-state index in [0.717, 1.165) is 5.69 Å². The molecule has 1 aromatic carbocycles. The monoisotopic (exact) mass is 429 g/mol. The molecule has 3 rings (SSSR count). The molecule has 8 nitrogen and oxygen atoms in total. The molecule has 0 atom stereocenters. The molecule has 2 heterocycles. The quantitative estimate of drug-likeness (QED) is 0.442. The summed E-state index contributed by atoms with van der Waals surface area (Å²) >= 11 is 1.20. The maximum atomic E-state index is 12.8. The minimum atomic E-state index is -0.209. The Bertz CT molecular complexity index is 1110. The lowest BCUT2D eigenvalue weighted by atomic mass is 9.92. The highest BCUT2D eigenvalue weighted by Gasteiger charge is 2.20. The lowest BCUT2D eigenvalue weighted by molar-refractivity contribution is -0.113. The number of anilines is 1. The van der Waals surface area contributed by atoms with Gasteiger partial charge in [-0.2, -0.15) is 5.10 Å². The number of fused-ring (bicyclic) bond motifs is 1. The van der Waals surface area contributed by atoms with Crippen LogP contribution in [-0.4, -0.2) is 42.7 Å². The van der Waals surface area contributed by atoms with E-state index in [1.807, 2.05) is 12.1 Å². The molecule has 0 fully saturated rings. The SMILES string of the molecule is Cn1nc(C(C)(C)C)cc1NC(=O)CSc1nc2ccccc2c(=O)n1CCCO. The van der Waals surface area contributed by atoms with Crippen LogP contribution in [-0.2, 0) is 23.8 Å². The molecule has 9 heteroatoms. The maximum absolute atomic E-state index is 12.8. The van der Waals surface area contributed by atoms with Crippen LogP contribution in [0.15, 0.2) is 40.3 Å². The van der Waals surface area contributed by atoms with E-state index in [1.165, 1.54) is 16.3 Å². The third-order valence-electron chi connectivity index (χ3n) is 4.61. The molecule has 0 saturated heterocycles. The average molecular weight is 430 g/mol. The van der Waals surface area contributed by atoms with Crippen molar-refractivity contribution >= 4 is 34.4 Å². The highest BCUT2D eigenvalue weighted by molar-refractivity contribution is 7.99. The van der Waals surface area contributed by atoms with Crippen molar-refractivity contribution in [1.82, 2.24) is 19.3 Å². The van der Waals surface area contributed by atoms with Crippen molar-refractivity contribution in [1.29, 1.82) is 0 Å². The normalized spacial score (nSPS) is 11.8. The fraction of sp³-hybridized carbons (Fsp3) is 0.429. The van der Waals surface area contributed by atoms with Crippen molar-refractivity contribution < 1.29 is 9.90 Å². The molecule has 0 spiro atoms. The summed E-state index contributed by atoms with van der Waals surface area (Å²) in [4.78, 5) is 30.0. The molecule has 3 aromatic rings. The number of aromatic nitrogens is 4. The fourth-order valence-electron chi connectivity index (χ4n) is 2.94. The molecule has 0 bridgehead atoms. The first kappa shape index (κ1) is 22.0. The van der Waals surface area contributed by atoms with Crippen molar-refractivity contribution in [3.05, 3.63) is 46.4 Å². The summed E-state index contributed by atoms with van der Waals surface area (Å²) in [5.41, 5.74) is 1.19. The van der Waals surface area contributed by atoms with Gasteiger partial charge in [0.15, 0.2) is 5.16 Å². The van der Waals surface area contributed by atoms with Crippen LogP contribution < -0.4 is 10.9 Å². The van der Waals surface area contributed by atoms with Gasteiger partial charge in [0.2, 0.25) is 5.91 Å². The lowest BCUT2D eigenvalue weighted by Gasteiger charge is -2.13. The second-order valence-electron chi connectivity index (χ2n) is 8.07. The molecule has 0 radical (unpaired) electrons. The van der Waals surface area contributed by atoms with E-state index < -0.39 is 0 Å². The molecule has 30 heavy (non-hydrogen) atoms. The van der Waals surface area contributed by atoms with E-state index in [1.54, 1.807) is 29.9 Å². The van der Waals surface area contributed by atoms with Gasteiger partial charge < -0.3 is 10.4 Å². The Balaban J connectivity index is 1.78. The van der Waals surface area contributed by atoms with Gasteiger partial charge in [0.05, 0.1) is 22.3 Å². The van der Waals surface area contributed by atoms with Gasteiger partial charge in [-0.1, -0.05) is 44.7 Å². The third kappa shape index (κ3) is 4.91. The van der Waals surface area contributed by atoms with Gasteiger partial charge in [-0.05, 0) is 18.6 Å². The van der Waals surface area contributed by atoms with Crippen molar-refractivity contribution in [2.45, 2.75) is 44.3 Å². The number of aliphatic hydroxyl groups is 1. The number of aliphatic hydroxyl groups excluding tert-OH is 1. The van der Waals surface area contributed by atoms with Gasteiger partial charge >= 0.3 is 0 Å². The number of amides is 1. The van der Waals surface area contributed by atoms with Crippen LogP contribution >= 0.6 is 11.8 Å². The van der Waals surface area contributed by atoms with Crippen molar-refractivity contribution in [3.8, 4) is 0 Å². The minimum absolute atomic E-state index is 0.0273. The molecule has 0 aliphatic carbocycles. The summed E-state index contributed by atoms with van der Waals surface area (Å²) in [5, 5.41) is 17.5. The number of aryl methyl sites for hydroxylation is 1. The topological polar surface area (TPSA) is 102 Å². The van der Waals surface area contributed by atoms with E-state index >= 15 is 0 Å². The maximum Gasteiger partial charge on any atom is 0.262 e. The second kappa shape index (κ2) is 9.01. The molecule has 2 N–H and O–H groups in total. The Morgan fingerprint density at radius 1 is 1.27 bits per heavy atom. The Morgan fingerprint density at radius 3 is 2.67 bits per heavy atom. The van der Waals surface area contributed by atoms with Crippen LogP contribution in [0.4, 0.5) is 5.82 Å². The number of para-hydroxylation sites is 1. The molecule has 160 valence electrons. The van der Waals surface area contributed by atoms with Crippen molar-refractivity contribution in [3.63, 3.8) is 0 Å². The molecule has 0 aliphatic rings. The zero-order valence-electron chi connectivity index (χ0n) is 17.7. The average Bonchev–Trinajstić information content (AvgIpc) is 3.06. The molecular weight excluding hydrogens is 402 g/mol. The predicted octanol–water partition coefficient (Wildman–Crippen LogP) is 2.54. The third-order valence-corrected chi connectivity index (χ3v) is 5.59. The first-order chi connectivity index (χ1) is 14.2. The van der Waals surface area contributed by atoms with Gasteiger partial charge in [-0.3, -0.25) is 18.8 Å². The van der Waals surface area contributed by atoms with E-state index in [4.69, 9.17) is 0 Å². The number of carbonyl (C=O) groups is 1. The first-order valence-corrected chi connectivity index (χ1v) is 10.8. The number of hydrogen-bond donors (Lipinski definition) is 2.